The van der Waals surface area contributed by atoms with Gasteiger partial charge in [0, 0.05) is 11.3 Å². The molecule has 0 saturated heterocycles. The Morgan fingerprint density at radius 1 is 1.56 bits per heavy atom. The number of carbonyl (C=O) groups excluding carboxylic acids is 1. The molecular weight excluding hydrogens is 200 g/mol. The van der Waals surface area contributed by atoms with Crippen molar-refractivity contribution in [3.63, 3.8) is 0 Å². The van der Waals surface area contributed by atoms with Crippen LogP contribution >= 0.6 is 0 Å². The van der Waals surface area contributed by atoms with Crippen LogP contribution in [0.2, 0.25) is 0 Å². The second kappa shape index (κ2) is 6.05. The Labute approximate surface area is 96.6 Å². The van der Waals surface area contributed by atoms with Crippen LogP contribution in [0.25, 0.3) is 5.57 Å². The van der Waals surface area contributed by atoms with Gasteiger partial charge in [0.25, 0.3) is 0 Å². The van der Waals surface area contributed by atoms with E-state index in [1.807, 2.05) is 13.0 Å². The Morgan fingerprint density at radius 2 is 2.31 bits per heavy atom. The van der Waals surface area contributed by atoms with Gasteiger partial charge >= 0.3 is 0 Å². The van der Waals surface area contributed by atoms with Crippen molar-refractivity contribution in [3.05, 3.63) is 29.6 Å². The van der Waals surface area contributed by atoms with E-state index in [9.17, 15) is 4.79 Å². The number of pyridine rings is 1. The van der Waals surface area contributed by atoms with E-state index in [1.54, 1.807) is 6.20 Å². The van der Waals surface area contributed by atoms with Crippen molar-refractivity contribution in [2.24, 2.45) is 0 Å². The van der Waals surface area contributed by atoms with Crippen LogP contribution in [-0.4, -0.2) is 11.4 Å². The van der Waals surface area contributed by atoms with Gasteiger partial charge in [-0.1, -0.05) is 19.4 Å². The normalized spacial score (nSPS) is 11.3. The minimum absolute atomic E-state index is 0.668. The van der Waals surface area contributed by atoms with E-state index in [0.717, 1.165) is 29.8 Å². The average molecular weight is 218 g/mol. The number of rotatable bonds is 5. The summed E-state index contributed by atoms with van der Waals surface area (Å²) in [7, 11) is 0. The van der Waals surface area contributed by atoms with Gasteiger partial charge in [0.15, 0.2) is 0 Å². The molecule has 0 atom stereocenters. The first-order valence-corrected chi connectivity index (χ1v) is 5.53. The van der Waals surface area contributed by atoms with Crippen LogP contribution in [0.15, 0.2) is 18.3 Å². The molecule has 1 heterocycles. The molecule has 1 aromatic rings. The molecule has 0 spiro atoms. The predicted molar refractivity (Wildman–Crippen MR) is 67.2 cm³/mol. The van der Waals surface area contributed by atoms with Gasteiger partial charge in [-0.25, -0.2) is 0 Å². The van der Waals surface area contributed by atoms with Crippen molar-refractivity contribution < 1.29 is 4.79 Å². The number of unbranched alkanes of at least 4 members (excludes halogenated alkanes) is 1. The molecule has 3 heteroatoms. The number of hydrogen-bond donors (Lipinski definition) is 1. The van der Waals surface area contributed by atoms with E-state index in [4.69, 9.17) is 0 Å². The van der Waals surface area contributed by atoms with Crippen LogP contribution in [0.5, 0.6) is 0 Å². The van der Waals surface area contributed by atoms with Crippen molar-refractivity contribution in [3.8, 4) is 0 Å². The highest BCUT2D eigenvalue weighted by Crippen LogP contribution is 2.21. The quantitative estimate of drug-likeness (QED) is 0.771. The van der Waals surface area contributed by atoms with E-state index in [2.05, 4.69) is 30.2 Å². The second-order valence-electron chi connectivity index (χ2n) is 3.79. The lowest BCUT2D eigenvalue weighted by Crippen LogP contribution is -1.98. The molecule has 86 valence electrons. The van der Waals surface area contributed by atoms with Gasteiger partial charge in [0.1, 0.15) is 0 Å². The first-order valence-electron chi connectivity index (χ1n) is 5.53. The minimum Gasteiger partial charge on any atom is -0.327 e. The van der Waals surface area contributed by atoms with Crippen LogP contribution in [-0.2, 0) is 4.79 Å². The third-order valence-electron chi connectivity index (χ3n) is 2.48. The summed E-state index contributed by atoms with van der Waals surface area (Å²) in [6.45, 7) is 6.20. The van der Waals surface area contributed by atoms with Crippen LogP contribution in [0.1, 0.15) is 37.9 Å². The highest BCUT2D eigenvalue weighted by atomic mass is 16.1. The number of hydrogen-bond acceptors (Lipinski definition) is 2. The number of nitrogens with one attached hydrogen (secondary N) is 1. The minimum atomic E-state index is 0.668. The van der Waals surface area contributed by atoms with Crippen molar-refractivity contribution in [2.75, 3.05) is 5.32 Å². The summed E-state index contributed by atoms with van der Waals surface area (Å²) in [5.74, 6) is 0. The molecule has 0 aromatic carbocycles. The van der Waals surface area contributed by atoms with Crippen molar-refractivity contribution >= 4 is 17.7 Å². The van der Waals surface area contributed by atoms with Crippen molar-refractivity contribution in [1.82, 2.24) is 4.98 Å². The lowest BCUT2D eigenvalue weighted by molar-refractivity contribution is -0.105. The lowest BCUT2D eigenvalue weighted by Gasteiger charge is -2.08. The van der Waals surface area contributed by atoms with Crippen molar-refractivity contribution in [2.45, 2.75) is 33.6 Å². The van der Waals surface area contributed by atoms with Gasteiger partial charge in [0.05, 0.1) is 11.9 Å². The summed E-state index contributed by atoms with van der Waals surface area (Å²) >= 11 is 0. The Hall–Kier alpha value is -1.64. The molecule has 0 radical (unpaired) electrons. The molecule has 0 unspecified atom stereocenters. The molecule has 0 aliphatic rings. The molecule has 0 saturated carbocycles. The molecule has 1 rings (SSSR count). The van der Waals surface area contributed by atoms with Crippen molar-refractivity contribution in [1.29, 1.82) is 0 Å². The van der Waals surface area contributed by atoms with E-state index in [-0.39, 0.29) is 0 Å². The SMILES string of the molecule is CCC/C=C(/C)c1cc(NC=O)cnc1C. The molecule has 0 bridgehead atoms. The maximum atomic E-state index is 10.4. The van der Waals surface area contributed by atoms with E-state index in [0.29, 0.717) is 6.41 Å². The largest absolute Gasteiger partial charge is 0.327 e. The number of aromatic nitrogens is 1. The fourth-order valence-corrected chi connectivity index (χ4v) is 1.55. The Bertz CT molecular complexity index is 397. The molecule has 0 aliphatic heterocycles. The summed E-state index contributed by atoms with van der Waals surface area (Å²) in [6.07, 6.45) is 6.74. The van der Waals surface area contributed by atoms with Gasteiger partial charge in [-0.15, -0.1) is 0 Å². The van der Waals surface area contributed by atoms with Crippen LogP contribution < -0.4 is 5.32 Å². The molecular formula is C13H18N2O. The summed E-state index contributed by atoms with van der Waals surface area (Å²) in [5.41, 5.74) is 4.03. The van der Waals surface area contributed by atoms with Gasteiger partial charge in [-0.2, -0.15) is 0 Å². The van der Waals surface area contributed by atoms with Crippen LogP contribution in [0.3, 0.4) is 0 Å². The number of nitrogens with zero attached hydrogens (tertiary/aromatic N) is 1. The smallest absolute Gasteiger partial charge is 0.211 e. The summed E-state index contributed by atoms with van der Waals surface area (Å²) in [6, 6.07) is 1.96. The van der Waals surface area contributed by atoms with Crippen LogP contribution in [0, 0.1) is 6.92 Å². The summed E-state index contributed by atoms with van der Waals surface area (Å²) < 4.78 is 0. The zero-order valence-electron chi connectivity index (χ0n) is 10.1. The molecule has 0 fully saturated rings. The number of amides is 1. The average Bonchev–Trinajstić information content (AvgIpc) is 2.29. The van der Waals surface area contributed by atoms with E-state index >= 15 is 0 Å². The topological polar surface area (TPSA) is 42.0 Å². The standard InChI is InChI=1S/C13H18N2O/c1-4-5-6-10(2)13-7-12(15-9-16)8-14-11(13)3/h6-9H,4-5H2,1-3H3,(H,15,16)/b10-6-. The predicted octanol–water partition coefficient (Wildman–Crippen LogP) is 3.16. The third-order valence-corrected chi connectivity index (χ3v) is 2.48. The monoisotopic (exact) mass is 218 g/mol. The first kappa shape index (κ1) is 12.4. The number of anilines is 1. The molecule has 1 aromatic heterocycles. The Morgan fingerprint density at radius 3 is 2.94 bits per heavy atom. The van der Waals surface area contributed by atoms with Gasteiger partial charge in [-0.3, -0.25) is 9.78 Å². The molecule has 16 heavy (non-hydrogen) atoms. The Balaban J connectivity index is 3.01. The van der Waals surface area contributed by atoms with Gasteiger partial charge in [0.2, 0.25) is 6.41 Å². The number of carbonyl (C=O) groups is 1. The van der Waals surface area contributed by atoms with E-state index < -0.39 is 0 Å². The fourth-order valence-electron chi connectivity index (χ4n) is 1.55. The molecule has 1 N–H and O–H groups in total. The number of allylic oxidation sites excluding steroid dienone is 2. The molecule has 1 amide bonds. The molecule has 3 nitrogen and oxygen atoms in total. The van der Waals surface area contributed by atoms with E-state index in [1.165, 1.54) is 5.57 Å². The summed E-state index contributed by atoms with van der Waals surface area (Å²) in [4.78, 5) is 14.6. The van der Waals surface area contributed by atoms with Crippen LogP contribution in [0.4, 0.5) is 5.69 Å². The fraction of sp³-hybridized carbons (Fsp3) is 0.385. The lowest BCUT2D eigenvalue weighted by atomic mass is 10.0. The third kappa shape index (κ3) is 3.19. The first-order chi connectivity index (χ1) is 7.69. The van der Waals surface area contributed by atoms with Gasteiger partial charge < -0.3 is 5.32 Å². The Kier molecular flexibility index (Phi) is 4.70. The van der Waals surface area contributed by atoms with Gasteiger partial charge in [-0.05, 0) is 31.9 Å². The zero-order chi connectivity index (χ0) is 12.0. The maximum absolute atomic E-state index is 10.4. The summed E-state index contributed by atoms with van der Waals surface area (Å²) in [5, 5.41) is 2.62. The maximum Gasteiger partial charge on any atom is 0.211 e. The highest BCUT2D eigenvalue weighted by Gasteiger charge is 2.03. The number of aryl methyl sites for hydroxylation is 1. The second-order valence-corrected chi connectivity index (χ2v) is 3.79. The zero-order valence-corrected chi connectivity index (χ0v) is 10.1. The molecule has 0 aliphatic carbocycles. The highest BCUT2D eigenvalue weighted by molar-refractivity contribution is 5.75.